The monoisotopic (exact) mass is 311 g/mol. The molecule has 0 radical (unpaired) electrons. The van der Waals surface area contributed by atoms with Crippen molar-refractivity contribution in [2.24, 2.45) is 0 Å². The summed E-state index contributed by atoms with van der Waals surface area (Å²) in [4.78, 5) is 24.6. The van der Waals surface area contributed by atoms with E-state index in [1.54, 1.807) is 11.0 Å². The molecule has 1 rings (SSSR count). The molecule has 124 valence electrons. The first-order valence-corrected chi connectivity index (χ1v) is 7.19. The summed E-state index contributed by atoms with van der Waals surface area (Å²) >= 11 is 0. The molecule has 1 aliphatic heterocycles. The number of ether oxygens (including phenoxy) is 3. The van der Waals surface area contributed by atoms with Gasteiger partial charge < -0.3 is 19.1 Å². The van der Waals surface area contributed by atoms with E-state index in [1.807, 2.05) is 13.8 Å². The van der Waals surface area contributed by atoms with Crippen LogP contribution in [0.5, 0.6) is 0 Å². The Morgan fingerprint density at radius 1 is 1.45 bits per heavy atom. The fourth-order valence-corrected chi connectivity index (χ4v) is 2.41. The minimum atomic E-state index is -0.721. The average molecular weight is 311 g/mol. The van der Waals surface area contributed by atoms with Crippen molar-refractivity contribution in [1.82, 2.24) is 4.90 Å². The maximum atomic E-state index is 12.0. The molecule has 6 heteroatoms. The predicted octanol–water partition coefficient (Wildman–Crippen LogP) is 1.66. The molecule has 0 aromatic heterocycles. The largest absolute Gasteiger partial charge is 0.461 e. The third-order valence-electron chi connectivity index (χ3n) is 3.33. The van der Waals surface area contributed by atoms with Gasteiger partial charge in [0, 0.05) is 20.4 Å². The highest BCUT2D eigenvalue weighted by Crippen LogP contribution is 2.29. The van der Waals surface area contributed by atoms with Gasteiger partial charge in [0.25, 0.3) is 0 Å². The van der Waals surface area contributed by atoms with Crippen LogP contribution < -0.4 is 0 Å². The Labute approximate surface area is 131 Å². The average Bonchev–Trinajstić information content (AvgIpc) is 2.75. The lowest BCUT2D eigenvalue weighted by molar-refractivity contribution is -0.151. The molecular weight excluding hydrogens is 286 g/mol. The van der Waals surface area contributed by atoms with Crippen molar-refractivity contribution in [2.75, 3.05) is 19.8 Å². The Morgan fingerprint density at radius 2 is 2.09 bits per heavy atom. The number of hydrogen-bond donors (Lipinski definition) is 0. The zero-order chi connectivity index (χ0) is 16.9. The van der Waals surface area contributed by atoms with Gasteiger partial charge in [-0.2, -0.15) is 0 Å². The van der Waals surface area contributed by atoms with Gasteiger partial charge in [0.15, 0.2) is 5.79 Å². The number of carbonyl (C=O) groups excluding carboxylic acids is 2. The summed E-state index contributed by atoms with van der Waals surface area (Å²) in [5.41, 5.74) is 0.582. The SMILES string of the molecule is C=CCN(C(C)=O)[C@H](C(=C)COC(C)=O)[C@H]1COC(C)(C)O1. The van der Waals surface area contributed by atoms with E-state index in [2.05, 4.69) is 13.2 Å². The van der Waals surface area contributed by atoms with E-state index in [-0.39, 0.29) is 18.6 Å². The van der Waals surface area contributed by atoms with Gasteiger partial charge in [0.2, 0.25) is 5.91 Å². The topological polar surface area (TPSA) is 65.1 Å². The lowest BCUT2D eigenvalue weighted by Crippen LogP contribution is -2.49. The zero-order valence-corrected chi connectivity index (χ0v) is 13.8. The smallest absolute Gasteiger partial charge is 0.302 e. The second-order valence-corrected chi connectivity index (χ2v) is 5.71. The number of amides is 1. The second-order valence-electron chi connectivity index (χ2n) is 5.71. The van der Waals surface area contributed by atoms with Crippen LogP contribution in [0.3, 0.4) is 0 Å². The fourth-order valence-electron chi connectivity index (χ4n) is 2.41. The van der Waals surface area contributed by atoms with Crippen LogP contribution in [0.2, 0.25) is 0 Å². The highest BCUT2D eigenvalue weighted by molar-refractivity contribution is 5.74. The third-order valence-corrected chi connectivity index (χ3v) is 3.33. The molecule has 0 N–H and O–H groups in total. The van der Waals surface area contributed by atoms with E-state index in [0.29, 0.717) is 18.7 Å². The molecule has 2 atom stereocenters. The normalized spacial score (nSPS) is 21.0. The molecule has 6 nitrogen and oxygen atoms in total. The number of carbonyl (C=O) groups is 2. The summed E-state index contributed by atoms with van der Waals surface area (Å²) in [6.07, 6.45) is 1.26. The van der Waals surface area contributed by atoms with Crippen molar-refractivity contribution >= 4 is 11.9 Å². The maximum absolute atomic E-state index is 12.0. The quantitative estimate of drug-likeness (QED) is 0.528. The van der Waals surface area contributed by atoms with Crippen LogP contribution in [-0.2, 0) is 23.8 Å². The van der Waals surface area contributed by atoms with Gasteiger partial charge in [0.1, 0.15) is 12.7 Å². The Bertz CT molecular complexity index is 457. The molecule has 0 aromatic carbocycles. The van der Waals surface area contributed by atoms with Gasteiger partial charge in [-0.15, -0.1) is 6.58 Å². The van der Waals surface area contributed by atoms with E-state index in [4.69, 9.17) is 14.2 Å². The van der Waals surface area contributed by atoms with Gasteiger partial charge in [-0.05, 0) is 19.4 Å². The van der Waals surface area contributed by atoms with Crippen molar-refractivity contribution in [3.63, 3.8) is 0 Å². The number of rotatable bonds is 7. The van der Waals surface area contributed by atoms with Gasteiger partial charge >= 0.3 is 5.97 Å². The molecular formula is C16H25NO5. The highest BCUT2D eigenvalue weighted by atomic mass is 16.7. The van der Waals surface area contributed by atoms with Crippen LogP contribution in [0.4, 0.5) is 0 Å². The van der Waals surface area contributed by atoms with E-state index in [1.165, 1.54) is 13.8 Å². The molecule has 1 fully saturated rings. The number of hydrogen-bond acceptors (Lipinski definition) is 5. The molecule has 0 aromatic rings. The number of esters is 1. The number of nitrogens with zero attached hydrogens (tertiary/aromatic N) is 1. The zero-order valence-electron chi connectivity index (χ0n) is 13.8. The van der Waals surface area contributed by atoms with Gasteiger partial charge in [-0.3, -0.25) is 9.59 Å². The van der Waals surface area contributed by atoms with Crippen molar-refractivity contribution in [3.05, 3.63) is 24.8 Å². The maximum Gasteiger partial charge on any atom is 0.302 e. The standard InChI is InChI=1S/C16H25NO5/c1-7-8-17(12(3)18)15(11(2)9-20-13(4)19)14-10-21-16(5,6)22-14/h7,14-15H,1-2,8-10H2,3-6H3/t14-,15-/m1/s1. The Balaban J connectivity index is 2.98. The van der Waals surface area contributed by atoms with Gasteiger partial charge in [-0.25, -0.2) is 0 Å². The van der Waals surface area contributed by atoms with E-state index in [0.717, 1.165) is 0 Å². The molecule has 1 saturated heterocycles. The first-order chi connectivity index (χ1) is 10.2. The van der Waals surface area contributed by atoms with E-state index < -0.39 is 17.8 Å². The highest BCUT2D eigenvalue weighted by Gasteiger charge is 2.41. The van der Waals surface area contributed by atoms with E-state index >= 15 is 0 Å². The fraction of sp³-hybridized carbons (Fsp3) is 0.625. The van der Waals surface area contributed by atoms with Crippen LogP contribution in [-0.4, -0.2) is 54.5 Å². The Morgan fingerprint density at radius 3 is 2.50 bits per heavy atom. The molecule has 1 amide bonds. The molecule has 1 aliphatic rings. The van der Waals surface area contributed by atoms with Crippen LogP contribution in [0.15, 0.2) is 24.8 Å². The van der Waals surface area contributed by atoms with Crippen LogP contribution in [0.1, 0.15) is 27.7 Å². The van der Waals surface area contributed by atoms with Gasteiger partial charge in [-0.1, -0.05) is 12.7 Å². The third kappa shape index (κ3) is 4.96. The van der Waals surface area contributed by atoms with Crippen LogP contribution in [0, 0.1) is 0 Å². The summed E-state index contributed by atoms with van der Waals surface area (Å²) < 4.78 is 16.5. The molecule has 0 aliphatic carbocycles. The molecule has 22 heavy (non-hydrogen) atoms. The van der Waals surface area contributed by atoms with Crippen molar-refractivity contribution in [2.45, 2.75) is 45.6 Å². The van der Waals surface area contributed by atoms with Crippen molar-refractivity contribution in [3.8, 4) is 0 Å². The molecule has 0 spiro atoms. The molecule has 0 unspecified atom stereocenters. The summed E-state index contributed by atoms with van der Waals surface area (Å²) in [5.74, 6) is -1.26. The molecule has 0 saturated carbocycles. The van der Waals surface area contributed by atoms with Crippen LogP contribution >= 0.6 is 0 Å². The molecule has 1 heterocycles. The lowest BCUT2D eigenvalue weighted by Gasteiger charge is -2.35. The Hall–Kier alpha value is -1.66. The Kier molecular flexibility index (Phi) is 6.32. The summed E-state index contributed by atoms with van der Waals surface area (Å²) in [6.45, 7) is 14.8. The molecule has 0 bridgehead atoms. The second kappa shape index (κ2) is 7.56. The predicted molar refractivity (Wildman–Crippen MR) is 82.0 cm³/mol. The van der Waals surface area contributed by atoms with Crippen LogP contribution in [0.25, 0.3) is 0 Å². The minimum Gasteiger partial charge on any atom is -0.461 e. The minimum absolute atomic E-state index is 0.0290. The van der Waals surface area contributed by atoms with Crippen molar-refractivity contribution < 1.29 is 23.8 Å². The lowest BCUT2D eigenvalue weighted by atomic mass is 10.0. The summed E-state index contributed by atoms with van der Waals surface area (Å²) in [5, 5.41) is 0. The van der Waals surface area contributed by atoms with Crippen molar-refractivity contribution in [1.29, 1.82) is 0 Å². The summed E-state index contributed by atoms with van der Waals surface area (Å²) in [6, 6.07) is -0.448. The first-order valence-electron chi connectivity index (χ1n) is 7.19. The summed E-state index contributed by atoms with van der Waals surface area (Å²) in [7, 11) is 0. The first kappa shape index (κ1) is 18.4. The van der Waals surface area contributed by atoms with Gasteiger partial charge in [0.05, 0.1) is 12.6 Å². The van der Waals surface area contributed by atoms with E-state index in [9.17, 15) is 9.59 Å².